The van der Waals surface area contributed by atoms with Crippen LogP contribution in [0.4, 0.5) is 0 Å². The Morgan fingerprint density at radius 3 is 2.33 bits per heavy atom. The molecule has 2 aromatic rings. The van der Waals surface area contributed by atoms with E-state index in [9.17, 15) is 13.0 Å². The third kappa shape index (κ3) is 4.35. The topological polar surface area (TPSA) is 75.6 Å². The van der Waals surface area contributed by atoms with E-state index in [1.807, 2.05) is 43.3 Å². The highest BCUT2D eigenvalue weighted by Crippen LogP contribution is 2.29. The van der Waals surface area contributed by atoms with E-state index >= 15 is 0 Å². The first kappa shape index (κ1) is 18.4. The van der Waals surface area contributed by atoms with E-state index in [1.165, 1.54) is 13.2 Å². The molecule has 2 atom stereocenters. The molecular weight excluding hydrogens is 326 g/mol. The van der Waals surface area contributed by atoms with Gasteiger partial charge in [0.05, 0.1) is 7.11 Å². The summed E-state index contributed by atoms with van der Waals surface area (Å²) in [7, 11) is -2.97. The summed E-state index contributed by atoms with van der Waals surface area (Å²) in [5.74, 6) is 0.132. The van der Waals surface area contributed by atoms with Crippen molar-refractivity contribution in [2.75, 3.05) is 7.11 Å². The van der Waals surface area contributed by atoms with Gasteiger partial charge >= 0.3 is 0 Å². The van der Waals surface area contributed by atoms with Crippen LogP contribution in [0.5, 0.6) is 5.75 Å². The monoisotopic (exact) mass is 349 g/mol. The Morgan fingerprint density at radius 1 is 1.12 bits per heavy atom. The van der Waals surface area contributed by atoms with Crippen LogP contribution >= 0.6 is 0 Å². The molecule has 0 saturated carbocycles. The molecule has 0 amide bonds. The maximum absolute atomic E-state index is 11.6. The number of nitrogens with one attached hydrogen (secondary N) is 1. The molecule has 24 heavy (non-hydrogen) atoms. The molecule has 2 N–H and O–H groups in total. The molecule has 1 unspecified atom stereocenters. The first-order chi connectivity index (χ1) is 11.4. The number of rotatable bonds is 7. The van der Waals surface area contributed by atoms with Gasteiger partial charge in [0.2, 0.25) is 0 Å². The Hall–Kier alpha value is -1.89. The second-order valence-corrected chi connectivity index (χ2v) is 7.04. The van der Waals surface area contributed by atoms with E-state index in [2.05, 4.69) is 12.2 Å². The Labute approximate surface area is 143 Å². The van der Waals surface area contributed by atoms with Crippen LogP contribution in [0.25, 0.3) is 0 Å². The van der Waals surface area contributed by atoms with Gasteiger partial charge in [0.1, 0.15) is 10.6 Å². The first-order valence-electron chi connectivity index (χ1n) is 7.83. The molecule has 0 radical (unpaired) electrons. The van der Waals surface area contributed by atoms with Gasteiger partial charge in [-0.3, -0.25) is 4.55 Å². The predicted octanol–water partition coefficient (Wildman–Crippen LogP) is 3.74. The second kappa shape index (κ2) is 7.79. The number of ether oxygens (including phenoxy) is 1. The van der Waals surface area contributed by atoms with Crippen molar-refractivity contribution in [2.24, 2.45) is 0 Å². The van der Waals surface area contributed by atoms with Crippen molar-refractivity contribution >= 4 is 10.1 Å². The van der Waals surface area contributed by atoms with Gasteiger partial charge in [-0.05, 0) is 36.6 Å². The minimum atomic E-state index is -4.34. The summed E-state index contributed by atoms with van der Waals surface area (Å²) in [5.41, 5.74) is 1.94. The van der Waals surface area contributed by atoms with Gasteiger partial charge in [0, 0.05) is 12.1 Å². The van der Waals surface area contributed by atoms with E-state index < -0.39 is 10.1 Å². The van der Waals surface area contributed by atoms with Crippen LogP contribution in [0.1, 0.15) is 43.5 Å². The van der Waals surface area contributed by atoms with Crippen LogP contribution in [0.2, 0.25) is 0 Å². The summed E-state index contributed by atoms with van der Waals surface area (Å²) in [5, 5.41) is 3.50. The van der Waals surface area contributed by atoms with E-state index in [4.69, 9.17) is 4.74 Å². The zero-order valence-electron chi connectivity index (χ0n) is 14.1. The van der Waals surface area contributed by atoms with Gasteiger partial charge < -0.3 is 10.1 Å². The highest BCUT2D eigenvalue weighted by atomic mass is 32.2. The number of hydrogen-bond donors (Lipinski definition) is 2. The van der Waals surface area contributed by atoms with Gasteiger partial charge in [-0.15, -0.1) is 0 Å². The Balaban J connectivity index is 2.31. The minimum Gasteiger partial charge on any atom is -0.495 e. The molecule has 0 aliphatic heterocycles. The van der Waals surface area contributed by atoms with Gasteiger partial charge in [-0.25, -0.2) is 0 Å². The summed E-state index contributed by atoms with van der Waals surface area (Å²) < 4.78 is 37.6. The number of methoxy groups -OCH3 is 1. The van der Waals surface area contributed by atoms with Crippen molar-refractivity contribution in [1.29, 1.82) is 0 Å². The summed E-state index contributed by atoms with van der Waals surface area (Å²) >= 11 is 0. The SMILES string of the molecule is CCC(N[C@H](C)c1ccccc1)c1ccc(OC)c(S(=O)(=O)O)c1. The maximum Gasteiger partial charge on any atom is 0.298 e. The molecule has 0 bridgehead atoms. The summed E-state index contributed by atoms with van der Waals surface area (Å²) in [4.78, 5) is -0.213. The lowest BCUT2D eigenvalue weighted by molar-refractivity contribution is 0.395. The van der Waals surface area contributed by atoms with Crippen LogP contribution in [0, 0.1) is 0 Å². The zero-order chi connectivity index (χ0) is 17.7. The Kier molecular flexibility index (Phi) is 5.99. The lowest BCUT2D eigenvalue weighted by Crippen LogP contribution is -2.24. The van der Waals surface area contributed by atoms with Gasteiger partial charge in [-0.1, -0.05) is 43.3 Å². The third-order valence-corrected chi connectivity index (χ3v) is 4.90. The van der Waals surface area contributed by atoms with Crippen molar-refractivity contribution in [1.82, 2.24) is 5.32 Å². The largest absolute Gasteiger partial charge is 0.495 e. The summed E-state index contributed by atoms with van der Waals surface area (Å²) in [6.45, 7) is 4.08. The van der Waals surface area contributed by atoms with Crippen LogP contribution in [0.15, 0.2) is 53.4 Å². The van der Waals surface area contributed by atoms with E-state index in [0.717, 1.165) is 17.5 Å². The molecule has 5 nitrogen and oxygen atoms in total. The van der Waals surface area contributed by atoms with Gasteiger partial charge in [0.15, 0.2) is 0 Å². The van der Waals surface area contributed by atoms with Crippen LogP contribution in [-0.2, 0) is 10.1 Å². The van der Waals surface area contributed by atoms with Gasteiger partial charge in [-0.2, -0.15) is 8.42 Å². The highest BCUT2D eigenvalue weighted by molar-refractivity contribution is 7.86. The van der Waals surface area contributed by atoms with E-state index in [1.54, 1.807) is 6.07 Å². The van der Waals surface area contributed by atoms with Crippen molar-refractivity contribution in [3.63, 3.8) is 0 Å². The average Bonchev–Trinajstić information content (AvgIpc) is 2.59. The fourth-order valence-corrected chi connectivity index (χ4v) is 3.39. The second-order valence-electron chi connectivity index (χ2n) is 5.65. The standard InChI is InChI=1S/C18H23NO4S/c1-4-16(19-13(2)14-8-6-5-7-9-14)15-10-11-17(23-3)18(12-15)24(20,21)22/h5-13,16,19H,4H2,1-3H3,(H,20,21,22)/t13-,16?/m1/s1. The number of benzene rings is 2. The molecule has 2 aromatic carbocycles. The maximum atomic E-state index is 11.6. The number of hydrogen-bond acceptors (Lipinski definition) is 4. The quantitative estimate of drug-likeness (QED) is 0.745. The highest BCUT2D eigenvalue weighted by Gasteiger charge is 2.20. The molecule has 0 aliphatic rings. The van der Waals surface area contributed by atoms with Crippen molar-refractivity contribution in [2.45, 2.75) is 37.2 Å². The van der Waals surface area contributed by atoms with Crippen LogP contribution in [-0.4, -0.2) is 20.1 Å². The minimum absolute atomic E-state index is 0.0494. The smallest absolute Gasteiger partial charge is 0.298 e. The normalized spacial score (nSPS) is 14.2. The lowest BCUT2D eigenvalue weighted by Gasteiger charge is -2.24. The average molecular weight is 349 g/mol. The molecular formula is C18H23NO4S. The molecule has 0 fully saturated rings. The predicted molar refractivity (Wildman–Crippen MR) is 93.8 cm³/mol. The fourth-order valence-electron chi connectivity index (χ4n) is 2.70. The van der Waals surface area contributed by atoms with Crippen molar-refractivity contribution < 1.29 is 17.7 Å². The first-order valence-corrected chi connectivity index (χ1v) is 9.27. The van der Waals surface area contributed by atoms with Gasteiger partial charge in [0.25, 0.3) is 10.1 Å². The Bertz CT molecular complexity index is 775. The van der Waals surface area contributed by atoms with Crippen LogP contribution < -0.4 is 10.1 Å². The molecule has 0 spiro atoms. The van der Waals surface area contributed by atoms with E-state index in [0.29, 0.717) is 0 Å². The molecule has 0 aliphatic carbocycles. The molecule has 130 valence electrons. The molecule has 0 aromatic heterocycles. The third-order valence-electron chi connectivity index (χ3n) is 4.03. The van der Waals surface area contributed by atoms with E-state index in [-0.39, 0.29) is 22.7 Å². The lowest BCUT2D eigenvalue weighted by atomic mass is 10.0. The molecule has 0 heterocycles. The summed E-state index contributed by atoms with van der Waals surface area (Å²) in [6, 6.07) is 14.9. The van der Waals surface area contributed by atoms with Crippen LogP contribution in [0.3, 0.4) is 0 Å². The molecule has 2 rings (SSSR count). The Morgan fingerprint density at radius 2 is 1.79 bits per heavy atom. The summed E-state index contributed by atoms with van der Waals surface area (Å²) in [6.07, 6.45) is 0.772. The van der Waals surface area contributed by atoms with Crippen molar-refractivity contribution in [3.8, 4) is 5.75 Å². The molecule has 6 heteroatoms. The molecule has 0 saturated heterocycles. The zero-order valence-corrected chi connectivity index (χ0v) is 14.9. The fraction of sp³-hybridized carbons (Fsp3) is 0.333. The van der Waals surface area contributed by atoms with Crippen molar-refractivity contribution in [3.05, 3.63) is 59.7 Å².